The van der Waals surface area contributed by atoms with Crippen LogP contribution in [-0.2, 0) is 11.3 Å². The van der Waals surface area contributed by atoms with E-state index in [-0.39, 0.29) is 5.91 Å². The smallest absolute Gasteiger partial charge is 0.261 e. The fourth-order valence-corrected chi connectivity index (χ4v) is 4.25. The molecule has 0 aliphatic rings. The van der Waals surface area contributed by atoms with E-state index in [0.717, 1.165) is 26.2 Å². The van der Waals surface area contributed by atoms with Crippen LogP contribution in [0.4, 0.5) is 0 Å². The first kappa shape index (κ1) is 19.4. The van der Waals surface area contributed by atoms with Crippen molar-refractivity contribution in [2.24, 2.45) is 0 Å². The Morgan fingerprint density at radius 2 is 1.96 bits per heavy atom. The molecule has 0 spiro atoms. The van der Waals surface area contributed by atoms with Crippen molar-refractivity contribution in [3.05, 3.63) is 52.3 Å². The fraction of sp³-hybridized carbons (Fsp3) is 0.300. The van der Waals surface area contributed by atoms with Gasteiger partial charge in [0.05, 0.1) is 23.7 Å². The molecule has 3 rings (SSSR count). The van der Waals surface area contributed by atoms with Gasteiger partial charge in [-0.15, -0.1) is 22.7 Å². The molecule has 1 unspecified atom stereocenters. The third kappa shape index (κ3) is 5.08. The van der Waals surface area contributed by atoms with Gasteiger partial charge >= 0.3 is 0 Å². The second-order valence-electron chi connectivity index (χ2n) is 5.89. The highest BCUT2D eigenvalue weighted by Crippen LogP contribution is 2.31. The zero-order valence-electron chi connectivity index (χ0n) is 15.5. The van der Waals surface area contributed by atoms with Crippen molar-refractivity contribution >= 4 is 28.6 Å². The van der Waals surface area contributed by atoms with E-state index in [0.29, 0.717) is 18.9 Å². The number of ether oxygens (including phenoxy) is 2. The monoisotopic (exact) mass is 402 g/mol. The topological polar surface area (TPSA) is 60.5 Å². The third-order valence-corrected chi connectivity index (χ3v) is 6.06. The van der Waals surface area contributed by atoms with E-state index in [1.807, 2.05) is 37.4 Å². The van der Waals surface area contributed by atoms with E-state index in [2.05, 4.69) is 16.4 Å². The summed E-state index contributed by atoms with van der Waals surface area (Å²) in [6.45, 7) is 6.71. The fourth-order valence-electron chi connectivity index (χ4n) is 2.45. The molecule has 0 aliphatic heterocycles. The Morgan fingerprint density at radius 1 is 1.22 bits per heavy atom. The summed E-state index contributed by atoms with van der Waals surface area (Å²) in [5.41, 5.74) is 0.948. The molecule has 2 heterocycles. The standard InChI is InChI=1S/C20H22N2O3S2/c1-4-24-15-7-9-16(10-8-15)25-14(3)19(23)21-12-18-13(2)22-20(27-18)17-6-5-11-26-17/h5-11,14H,4,12H2,1-3H3,(H,21,23). The lowest BCUT2D eigenvalue weighted by Gasteiger charge is -2.15. The largest absolute Gasteiger partial charge is 0.494 e. The number of thiophene rings is 1. The minimum atomic E-state index is -0.590. The van der Waals surface area contributed by atoms with Gasteiger partial charge in [-0.2, -0.15) is 0 Å². The molecule has 1 aromatic carbocycles. The molecule has 1 N–H and O–H groups in total. The van der Waals surface area contributed by atoms with Crippen LogP contribution in [0, 0.1) is 6.92 Å². The van der Waals surface area contributed by atoms with Crippen LogP contribution in [-0.4, -0.2) is 23.6 Å². The molecule has 3 aromatic rings. The highest BCUT2D eigenvalue weighted by Gasteiger charge is 2.16. The Labute approximate surface area is 167 Å². The minimum absolute atomic E-state index is 0.158. The Hall–Kier alpha value is -2.38. The predicted molar refractivity (Wildman–Crippen MR) is 110 cm³/mol. The molecule has 27 heavy (non-hydrogen) atoms. The first-order valence-electron chi connectivity index (χ1n) is 8.74. The van der Waals surface area contributed by atoms with Gasteiger partial charge in [0.2, 0.25) is 0 Å². The number of carbonyl (C=O) groups excluding carboxylic acids is 1. The van der Waals surface area contributed by atoms with Crippen LogP contribution in [0.25, 0.3) is 9.88 Å². The molecule has 0 radical (unpaired) electrons. The summed E-state index contributed by atoms with van der Waals surface area (Å²) in [5, 5.41) is 5.96. The number of benzene rings is 1. The van der Waals surface area contributed by atoms with Gasteiger partial charge in [-0.3, -0.25) is 4.79 Å². The number of aryl methyl sites for hydroxylation is 1. The van der Waals surface area contributed by atoms with Crippen molar-refractivity contribution < 1.29 is 14.3 Å². The lowest BCUT2D eigenvalue weighted by atomic mass is 10.3. The number of hydrogen-bond donors (Lipinski definition) is 1. The van der Waals surface area contributed by atoms with Crippen molar-refractivity contribution in [3.8, 4) is 21.4 Å². The molecule has 0 saturated carbocycles. The second-order valence-corrected chi connectivity index (χ2v) is 7.92. The number of aromatic nitrogens is 1. The minimum Gasteiger partial charge on any atom is -0.494 e. The molecule has 5 nitrogen and oxygen atoms in total. The van der Waals surface area contributed by atoms with Crippen LogP contribution in [0.3, 0.4) is 0 Å². The van der Waals surface area contributed by atoms with Crippen molar-refractivity contribution in [3.63, 3.8) is 0 Å². The summed E-state index contributed by atoms with van der Waals surface area (Å²) >= 11 is 3.28. The van der Waals surface area contributed by atoms with Crippen LogP contribution < -0.4 is 14.8 Å². The van der Waals surface area contributed by atoms with Crippen LogP contribution in [0.2, 0.25) is 0 Å². The predicted octanol–water partition coefficient (Wildman–Crippen LogP) is 4.66. The number of rotatable bonds is 8. The van der Waals surface area contributed by atoms with Gasteiger partial charge in [0, 0.05) is 4.88 Å². The van der Waals surface area contributed by atoms with Gasteiger partial charge in [0.1, 0.15) is 16.5 Å². The van der Waals surface area contributed by atoms with Gasteiger partial charge in [-0.05, 0) is 56.5 Å². The molecule has 2 aromatic heterocycles. The highest BCUT2D eigenvalue weighted by atomic mass is 32.1. The maximum atomic E-state index is 12.4. The number of carbonyl (C=O) groups is 1. The summed E-state index contributed by atoms with van der Waals surface area (Å²) in [5.74, 6) is 1.26. The normalized spacial score (nSPS) is 11.8. The Bertz CT molecular complexity index is 873. The average Bonchev–Trinajstić information content (AvgIpc) is 3.31. The van der Waals surface area contributed by atoms with Gasteiger partial charge in [-0.25, -0.2) is 4.98 Å². The Morgan fingerprint density at radius 3 is 2.63 bits per heavy atom. The van der Waals surface area contributed by atoms with Crippen LogP contribution in [0.5, 0.6) is 11.5 Å². The number of amides is 1. The summed E-state index contributed by atoms with van der Waals surface area (Å²) in [7, 11) is 0. The van der Waals surface area contributed by atoms with Crippen LogP contribution in [0.15, 0.2) is 41.8 Å². The molecular formula is C20H22N2O3S2. The van der Waals surface area contributed by atoms with Gasteiger partial charge in [0.25, 0.3) is 5.91 Å². The van der Waals surface area contributed by atoms with E-state index in [1.165, 1.54) is 0 Å². The van der Waals surface area contributed by atoms with Gasteiger partial charge in [-0.1, -0.05) is 6.07 Å². The van der Waals surface area contributed by atoms with Gasteiger partial charge < -0.3 is 14.8 Å². The summed E-state index contributed by atoms with van der Waals surface area (Å²) < 4.78 is 11.1. The average molecular weight is 403 g/mol. The number of hydrogen-bond acceptors (Lipinski definition) is 6. The molecule has 0 bridgehead atoms. The Balaban J connectivity index is 1.54. The lowest BCUT2D eigenvalue weighted by molar-refractivity contribution is -0.127. The van der Waals surface area contributed by atoms with Gasteiger partial charge in [0.15, 0.2) is 6.10 Å². The maximum absolute atomic E-state index is 12.4. The van der Waals surface area contributed by atoms with E-state index >= 15 is 0 Å². The molecule has 7 heteroatoms. The summed E-state index contributed by atoms with van der Waals surface area (Å²) in [6, 6.07) is 11.3. The van der Waals surface area contributed by atoms with E-state index in [1.54, 1.807) is 41.7 Å². The molecule has 142 valence electrons. The number of thiazole rings is 1. The Kier molecular flexibility index (Phi) is 6.47. The number of nitrogens with one attached hydrogen (secondary N) is 1. The van der Waals surface area contributed by atoms with Crippen molar-refractivity contribution in [2.45, 2.75) is 33.4 Å². The second kappa shape index (κ2) is 9.01. The first-order chi connectivity index (χ1) is 13.1. The molecule has 0 aliphatic carbocycles. The molecular weight excluding hydrogens is 380 g/mol. The molecule has 1 atom stereocenters. The van der Waals surface area contributed by atoms with Crippen LogP contribution >= 0.6 is 22.7 Å². The third-order valence-electron chi connectivity index (χ3n) is 3.86. The van der Waals surface area contributed by atoms with E-state index in [9.17, 15) is 4.79 Å². The molecule has 0 saturated heterocycles. The maximum Gasteiger partial charge on any atom is 0.261 e. The first-order valence-corrected chi connectivity index (χ1v) is 10.4. The van der Waals surface area contributed by atoms with Crippen LogP contribution in [0.1, 0.15) is 24.4 Å². The quantitative estimate of drug-likeness (QED) is 0.595. The zero-order chi connectivity index (χ0) is 19.2. The van der Waals surface area contributed by atoms with Crippen molar-refractivity contribution in [1.82, 2.24) is 10.3 Å². The molecule has 0 fully saturated rings. The van der Waals surface area contributed by atoms with Crippen molar-refractivity contribution in [1.29, 1.82) is 0 Å². The summed E-state index contributed by atoms with van der Waals surface area (Å²) in [4.78, 5) is 19.2. The highest BCUT2D eigenvalue weighted by molar-refractivity contribution is 7.21. The molecule has 1 amide bonds. The summed E-state index contributed by atoms with van der Waals surface area (Å²) in [6.07, 6.45) is -0.590. The SMILES string of the molecule is CCOc1ccc(OC(C)C(=O)NCc2sc(-c3cccs3)nc2C)cc1. The number of nitrogens with zero attached hydrogens (tertiary/aromatic N) is 1. The van der Waals surface area contributed by atoms with E-state index in [4.69, 9.17) is 9.47 Å². The van der Waals surface area contributed by atoms with Crippen molar-refractivity contribution in [2.75, 3.05) is 6.61 Å². The lowest BCUT2D eigenvalue weighted by Crippen LogP contribution is -2.35. The van der Waals surface area contributed by atoms with E-state index < -0.39 is 6.10 Å². The zero-order valence-corrected chi connectivity index (χ0v) is 17.2.